The number of carboxylic acid groups (broad SMARTS) is 1. The molecule has 0 aliphatic rings. The highest BCUT2D eigenvalue weighted by atomic mass is 16.4. The Balaban J connectivity index is 4.10. The van der Waals surface area contributed by atoms with E-state index < -0.39 is 5.97 Å². The van der Waals surface area contributed by atoms with Gasteiger partial charge in [-0.3, -0.25) is 4.79 Å². The second-order valence-corrected chi connectivity index (χ2v) is 4.93. The summed E-state index contributed by atoms with van der Waals surface area (Å²) in [6, 6.07) is 0. The Morgan fingerprint density at radius 1 is 1.24 bits per heavy atom. The zero-order chi connectivity index (χ0) is 13.3. The van der Waals surface area contributed by atoms with Crippen molar-refractivity contribution in [2.24, 2.45) is 5.92 Å². The topological polar surface area (TPSA) is 37.3 Å². The third-order valence-corrected chi connectivity index (χ3v) is 2.83. The summed E-state index contributed by atoms with van der Waals surface area (Å²) in [5, 5.41) is 9.03. The predicted molar refractivity (Wildman–Crippen MR) is 73.1 cm³/mol. The van der Waals surface area contributed by atoms with Crippen LogP contribution >= 0.6 is 0 Å². The van der Waals surface area contributed by atoms with Crippen LogP contribution in [0.15, 0.2) is 23.3 Å². The second-order valence-electron chi connectivity index (χ2n) is 4.93. The van der Waals surface area contributed by atoms with E-state index in [9.17, 15) is 4.79 Å². The number of allylic oxidation sites excluding steroid dienone is 4. The summed E-state index contributed by atoms with van der Waals surface area (Å²) in [4.78, 5) is 11.0. The van der Waals surface area contributed by atoms with Crippen LogP contribution in [0.5, 0.6) is 0 Å². The van der Waals surface area contributed by atoms with E-state index in [1.54, 1.807) is 0 Å². The van der Waals surface area contributed by atoms with Crippen molar-refractivity contribution in [2.45, 2.75) is 59.8 Å². The molecule has 0 aromatic rings. The van der Waals surface area contributed by atoms with Gasteiger partial charge in [0.1, 0.15) is 0 Å². The van der Waals surface area contributed by atoms with Gasteiger partial charge in [0.05, 0.1) is 5.92 Å². The van der Waals surface area contributed by atoms with Crippen molar-refractivity contribution in [3.05, 3.63) is 23.3 Å². The average Bonchev–Trinajstić information content (AvgIpc) is 2.23. The lowest BCUT2D eigenvalue weighted by Gasteiger charge is -2.08. The van der Waals surface area contributed by atoms with E-state index in [-0.39, 0.29) is 5.92 Å². The minimum Gasteiger partial charge on any atom is -0.481 e. The molecule has 1 unspecified atom stereocenters. The van der Waals surface area contributed by atoms with Gasteiger partial charge in [-0.2, -0.15) is 0 Å². The van der Waals surface area contributed by atoms with Gasteiger partial charge >= 0.3 is 5.97 Å². The summed E-state index contributed by atoms with van der Waals surface area (Å²) < 4.78 is 0. The van der Waals surface area contributed by atoms with Gasteiger partial charge in [-0.1, -0.05) is 36.6 Å². The monoisotopic (exact) mass is 238 g/mol. The molecule has 2 nitrogen and oxygen atoms in total. The maximum atomic E-state index is 11.0. The van der Waals surface area contributed by atoms with E-state index in [0.717, 1.165) is 25.7 Å². The van der Waals surface area contributed by atoms with E-state index in [1.807, 2.05) is 6.92 Å². The molecule has 98 valence electrons. The molecule has 0 bridgehead atoms. The van der Waals surface area contributed by atoms with Crippen molar-refractivity contribution >= 4 is 5.97 Å². The molecule has 0 rings (SSSR count). The van der Waals surface area contributed by atoms with Crippen LogP contribution in [0.1, 0.15) is 59.8 Å². The Morgan fingerprint density at radius 3 is 2.35 bits per heavy atom. The Bertz CT molecular complexity index is 283. The first-order chi connectivity index (χ1) is 7.97. The molecule has 0 amide bonds. The van der Waals surface area contributed by atoms with Crippen LogP contribution in [0.25, 0.3) is 0 Å². The minimum atomic E-state index is -0.666. The lowest BCUT2D eigenvalue weighted by Crippen LogP contribution is -2.12. The minimum absolute atomic E-state index is 0.210. The third kappa shape index (κ3) is 8.73. The Morgan fingerprint density at radius 2 is 1.88 bits per heavy atom. The molecule has 0 saturated carbocycles. The SMILES string of the molecule is CCCC(CC=C(C)CCC=C(C)C)C(=O)O. The van der Waals surface area contributed by atoms with E-state index in [0.29, 0.717) is 6.42 Å². The van der Waals surface area contributed by atoms with Gasteiger partial charge in [-0.05, 0) is 46.5 Å². The first-order valence-corrected chi connectivity index (χ1v) is 6.49. The van der Waals surface area contributed by atoms with E-state index in [4.69, 9.17) is 5.11 Å². The molecule has 0 radical (unpaired) electrons. The number of rotatable bonds is 8. The van der Waals surface area contributed by atoms with Crippen molar-refractivity contribution in [1.29, 1.82) is 0 Å². The molecule has 0 spiro atoms. The van der Waals surface area contributed by atoms with E-state index in [1.165, 1.54) is 11.1 Å². The normalized spacial score (nSPS) is 13.3. The third-order valence-electron chi connectivity index (χ3n) is 2.83. The number of carbonyl (C=O) groups is 1. The molecule has 1 N–H and O–H groups in total. The molecule has 0 fully saturated rings. The van der Waals surface area contributed by atoms with E-state index >= 15 is 0 Å². The molecule has 0 heterocycles. The number of hydrogen-bond acceptors (Lipinski definition) is 1. The lowest BCUT2D eigenvalue weighted by molar-refractivity contribution is -0.141. The molecular formula is C15H26O2. The summed E-state index contributed by atoms with van der Waals surface area (Å²) in [5.41, 5.74) is 2.64. The maximum Gasteiger partial charge on any atom is 0.306 e. The van der Waals surface area contributed by atoms with Gasteiger partial charge in [0.2, 0.25) is 0 Å². The molecule has 0 aliphatic carbocycles. The molecule has 0 saturated heterocycles. The fourth-order valence-electron chi connectivity index (χ4n) is 1.72. The second kappa shape index (κ2) is 9.03. The van der Waals surface area contributed by atoms with Crippen molar-refractivity contribution < 1.29 is 9.90 Å². The van der Waals surface area contributed by atoms with Crippen LogP contribution in [0.3, 0.4) is 0 Å². The van der Waals surface area contributed by atoms with Gasteiger partial charge in [0, 0.05) is 0 Å². The summed E-state index contributed by atoms with van der Waals surface area (Å²) >= 11 is 0. The highest BCUT2D eigenvalue weighted by Crippen LogP contribution is 2.15. The zero-order valence-electron chi connectivity index (χ0n) is 11.6. The van der Waals surface area contributed by atoms with Gasteiger partial charge < -0.3 is 5.11 Å². The fraction of sp³-hybridized carbons (Fsp3) is 0.667. The Hall–Kier alpha value is -1.05. The average molecular weight is 238 g/mol. The molecule has 0 aromatic carbocycles. The quantitative estimate of drug-likeness (QED) is 0.629. The molecular weight excluding hydrogens is 212 g/mol. The maximum absolute atomic E-state index is 11.0. The zero-order valence-corrected chi connectivity index (χ0v) is 11.6. The van der Waals surface area contributed by atoms with Gasteiger partial charge in [0.15, 0.2) is 0 Å². The summed E-state index contributed by atoms with van der Waals surface area (Å²) in [5.74, 6) is -0.876. The van der Waals surface area contributed by atoms with Crippen molar-refractivity contribution in [3.63, 3.8) is 0 Å². The number of aliphatic carboxylic acids is 1. The summed E-state index contributed by atoms with van der Waals surface area (Å²) in [6.45, 7) is 8.31. The molecule has 0 aromatic heterocycles. The van der Waals surface area contributed by atoms with Crippen LogP contribution in [-0.4, -0.2) is 11.1 Å². The highest BCUT2D eigenvalue weighted by Gasteiger charge is 2.14. The standard InChI is InChI=1S/C15H26O2/c1-5-7-14(15(16)17)11-10-13(4)9-6-8-12(2)3/h8,10,14H,5-7,9,11H2,1-4H3,(H,16,17). The summed E-state index contributed by atoms with van der Waals surface area (Å²) in [7, 11) is 0. The van der Waals surface area contributed by atoms with Crippen LogP contribution in [0.2, 0.25) is 0 Å². The van der Waals surface area contributed by atoms with E-state index in [2.05, 4.69) is 32.9 Å². The fourth-order valence-corrected chi connectivity index (χ4v) is 1.72. The van der Waals surface area contributed by atoms with Crippen molar-refractivity contribution in [3.8, 4) is 0 Å². The van der Waals surface area contributed by atoms with Gasteiger partial charge in [-0.15, -0.1) is 0 Å². The first-order valence-electron chi connectivity index (χ1n) is 6.49. The van der Waals surface area contributed by atoms with Crippen LogP contribution in [0, 0.1) is 5.92 Å². The molecule has 17 heavy (non-hydrogen) atoms. The van der Waals surface area contributed by atoms with Crippen LogP contribution in [0.4, 0.5) is 0 Å². The molecule has 0 aliphatic heterocycles. The Kier molecular flexibility index (Phi) is 8.47. The smallest absolute Gasteiger partial charge is 0.306 e. The number of hydrogen-bond donors (Lipinski definition) is 1. The van der Waals surface area contributed by atoms with Crippen LogP contribution in [-0.2, 0) is 4.79 Å². The van der Waals surface area contributed by atoms with Crippen LogP contribution < -0.4 is 0 Å². The van der Waals surface area contributed by atoms with Crippen molar-refractivity contribution in [2.75, 3.05) is 0 Å². The molecule has 1 atom stereocenters. The Labute approximate surface area is 105 Å². The lowest BCUT2D eigenvalue weighted by atomic mass is 9.98. The molecule has 2 heteroatoms. The highest BCUT2D eigenvalue weighted by molar-refractivity contribution is 5.70. The van der Waals surface area contributed by atoms with Crippen molar-refractivity contribution in [1.82, 2.24) is 0 Å². The van der Waals surface area contributed by atoms with Gasteiger partial charge in [0.25, 0.3) is 0 Å². The summed E-state index contributed by atoms with van der Waals surface area (Å²) in [6.07, 6.45) is 8.77. The number of carboxylic acids is 1. The first kappa shape index (κ1) is 16.0. The predicted octanol–water partition coefficient (Wildman–Crippen LogP) is 4.57. The largest absolute Gasteiger partial charge is 0.481 e. The van der Waals surface area contributed by atoms with Gasteiger partial charge in [-0.25, -0.2) is 0 Å².